The van der Waals surface area contributed by atoms with Crippen LogP contribution in [-0.4, -0.2) is 62.9 Å². The van der Waals surface area contributed by atoms with E-state index in [4.69, 9.17) is 4.74 Å². The van der Waals surface area contributed by atoms with Gasteiger partial charge >= 0.3 is 0 Å². The summed E-state index contributed by atoms with van der Waals surface area (Å²) < 4.78 is 7.34. The molecule has 1 unspecified atom stereocenters. The van der Waals surface area contributed by atoms with E-state index in [0.29, 0.717) is 17.9 Å². The lowest BCUT2D eigenvalue weighted by Gasteiger charge is -2.35. The molecule has 4 heterocycles. The molecule has 140 valence electrons. The van der Waals surface area contributed by atoms with E-state index in [0.717, 1.165) is 56.2 Å². The van der Waals surface area contributed by atoms with Gasteiger partial charge < -0.3 is 10.1 Å². The molecular weight excluding hydrogens is 340 g/mol. The van der Waals surface area contributed by atoms with Gasteiger partial charge in [0, 0.05) is 43.4 Å². The number of anilines is 1. The maximum atomic E-state index is 5.54. The topological polar surface area (TPSA) is 67.6 Å². The predicted octanol–water partition coefficient (Wildman–Crippen LogP) is 2.46. The maximum absolute atomic E-state index is 5.54. The third-order valence-corrected chi connectivity index (χ3v) is 5.62. The Labute approximate surface area is 158 Å². The van der Waals surface area contributed by atoms with Crippen LogP contribution < -0.4 is 5.32 Å². The molecule has 0 saturated carbocycles. The zero-order valence-electron chi connectivity index (χ0n) is 15.3. The summed E-state index contributed by atoms with van der Waals surface area (Å²) in [6.45, 7) is 4.03. The summed E-state index contributed by atoms with van der Waals surface area (Å²) in [5, 5.41) is 8.04. The molecule has 1 aromatic carbocycles. The number of nitrogens with zero attached hydrogens (tertiary/aromatic N) is 5. The molecular formula is C20H24N6O. The number of likely N-dealkylation sites (tertiary alicyclic amines) is 1. The highest BCUT2D eigenvalue weighted by atomic mass is 16.5. The van der Waals surface area contributed by atoms with Gasteiger partial charge in [-0.2, -0.15) is 14.6 Å². The number of ether oxygens (including phenoxy) is 1. The van der Waals surface area contributed by atoms with Gasteiger partial charge in [0.15, 0.2) is 0 Å². The molecule has 0 spiro atoms. The average molecular weight is 364 g/mol. The lowest BCUT2D eigenvalue weighted by atomic mass is 10.0. The minimum Gasteiger partial charge on any atom is -0.380 e. The first-order chi connectivity index (χ1) is 13.4. The molecule has 2 aliphatic rings. The quantitative estimate of drug-likeness (QED) is 0.767. The predicted molar refractivity (Wildman–Crippen MR) is 104 cm³/mol. The average Bonchev–Trinajstić information content (AvgIpc) is 3.41. The highest BCUT2D eigenvalue weighted by Gasteiger charge is 2.28. The number of benzene rings is 1. The number of fused-ring (bicyclic) bond motifs is 1. The van der Waals surface area contributed by atoms with E-state index in [1.165, 1.54) is 6.42 Å². The summed E-state index contributed by atoms with van der Waals surface area (Å²) in [4.78, 5) is 11.5. The molecule has 1 atom stereocenters. The Morgan fingerprint density at radius 3 is 2.70 bits per heavy atom. The molecule has 3 aromatic rings. The zero-order chi connectivity index (χ0) is 18.1. The normalized spacial score (nSPS) is 21.7. The standard InChI is InChI=1S/C20H24N6O/c1-2-4-15(5-3-1)18-12-19(26-20(24-18)21-14-22-26)23-16-6-9-25(10-7-16)17-8-11-27-13-17/h1-5,12,14,16-17,23H,6-11,13H2. The molecule has 0 amide bonds. The first-order valence-corrected chi connectivity index (χ1v) is 9.71. The molecule has 0 radical (unpaired) electrons. The largest absolute Gasteiger partial charge is 0.380 e. The van der Waals surface area contributed by atoms with Crippen molar-refractivity contribution in [3.63, 3.8) is 0 Å². The molecule has 7 heteroatoms. The SMILES string of the molecule is c1ccc(-c2cc(NC3CCN(C4CCOC4)CC3)n3ncnc3n2)cc1. The Morgan fingerprint density at radius 1 is 1.07 bits per heavy atom. The highest BCUT2D eigenvalue weighted by Crippen LogP contribution is 2.24. The van der Waals surface area contributed by atoms with Crippen LogP contribution >= 0.6 is 0 Å². The van der Waals surface area contributed by atoms with Crippen LogP contribution in [0.2, 0.25) is 0 Å². The van der Waals surface area contributed by atoms with Gasteiger partial charge in [-0.05, 0) is 19.3 Å². The van der Waals surface area contributed by atoms with E-state index in [2.05, 4.69) is 43.5 Å². The molecule has 1 N–H and O–H groups in total. The van der Waals surface area contributed by atoms with Crippen LogP contribution in [0.5, 0.6) is 0 Å². The minimum absolute atomic E-state index is 0.432. The fourth-order valence-corrected chi connectivity index (χ4v) is 4.10. The first-order valence-electron chi connectivity index (χ1n) is 9.71. The van der Waals surface area contributed by atoms with Crippen molar-refractivity contribution in [2.45, 2.75) is 31.3 Å². The zero-order valence-corrected chi connectivity index (χ0v) is 15.3. The number of rotatable bonds is 4. The van der Waals surface area contributed by atoms with Gasteiger partial charge in [-0.1, -0.05) is 30.3 Å². The summed E-state index contributed by atoms with van der Waals surface area (Å²) in [5.74, 6) is 1.58. The third-order valence-electron chi connectivity index (χ3n) is 5.62. The fraction of sp³-hybridized carbons (Fsp3) is 0.450. The van der Waals surface area contributed by atoms with E-state index in [-0.39, 0.29) is 0 Å². The summed E-state index contributed by atoms with van der Waals surface area (Å²) in [5.41, 5.74) is 2.00. The second kappa shape index (κ2) is 7.25. The first kappa shape index (κ1) is 16.6. The van der Waals surface area contributed by atoms with Gasteiger partial charge in [-0.25, -0.2) is 4.98 Å². The second-order valence-electron chi connectivity index (χ2n) is 7.34. The van der Waals surface area contributed by atoms with Gasteiger partial charge in [0.1, 0.15) is 12.1 Å². The van der Waals surface area contributed by atoms with Crippen molar-refractivity contribution in [1.82, 2.24) is 24.5 Å². The molecule has 27 heavy (non-hydrogen) atoms. The Balaban J connectivity index is 1.35. The van der Waals surface area contributed by atoms with E-state index in [1.54, 1.807) is 10.8 Å². The van der Waals surface area contributed by atoms with Crippen molar-refractivity contribution >= 4 is 11.6 Å². The van der Waals surface area contributed by atoms with Crippen molar-refractivity contribution < 1.29 is 4.74 Å². The van der Waals surface area contributed by atoms with Crippen molar-refractivity contribution in [3.8, 4) is 11.3 Å². The van der Waals surface area contributed by atoms with Crippen LogP contribution in [0, 0.1) is 0 Å². The van der Waals surface area contributed by atoms with Crippen LogP contribution in [0.25, 0.3) is 17.0 Å². The number of hydrogen-bond donors (Lipinski definition) is 1. The van der Waals surface area contributed by atoms with E-state index < -0.39 is 0 Å². The monoisotopic (exact) mass is 364 g/mol. The lowest BCUT2D eigenvalue weighted by Crippen LogP contribution is -2.45. The van der Waals surface area contributed by atoms with Gasteiger partial charge in [0.25, 0.3) is 5.78 Å². The Hall–Kier alpha value is -2.51. The summed E-state index contributed by atoms with van der Waals surface area (Å²) in [6.07, 6.45) is 4.97. The summed E-state index contributed by atoms with van der Waals surface area (Å²) in [7, 11) is 0. The van der Waals surface area contributed by atoms with Crippen molar-refractivity contribution in [2.75, 3.05) is 31.6 Å². The number of hydrogen-bond acceptors (Lipinski definition) is 6. The van der Waals surface area contributed by atoms with Crippen LogP contribution in [0.4, 0.5) is 5.82 Å². The lowest BCUT2D eigenvalue weighted by molar-refractivity contribution is 0.124. The fourth-order valence-electron chi connectivity index (χ4n) is 4.10. The van der Waals surface area contributed by atoms with Gasteiger partial charge in [-0.15, -0.1) is 0 Å². The Morgan fingerprint density at radius 2 is 1.93 bits per heavy atom. The van der Waals surface area contributed by atoms with Crippen LogP contribution in [0.15, 0.2) is 42.7 Å². The molecule has 2 saturated heterocycles. The third kappa shape index (κ3) is 3.40. The van der Waals surface area contributed by atoms with Crippen LogP contribution in [0.1, 0.15) is 19.3 Å². The molecule has 7 nitrogen and oxygen atoms in total. The van der Waals surface area contributed by atoms with Crippen LogP contribution in [-0.2, 0) is 4.74 Å². The van der Waals surface area contributed by atoms with Gasteiger partial charge in [0.05, 0.1) is 12.3 Å². The Bertz CT molecular complexity index is 897. The highest BCUT2D eigenvalue weighted by molar-refractivity contribution is 5.65. The molecule has 0 aliphatic carbocycles. The maximum Gasteiger partial charge on any atom is 0.254 e. The summed E-state index contributed by atoms with van der Waals surface area (Å²) in [6, 6.07) is 13.3. The van der Waals surface area contributed by atoms with E-state index >= 15 is 0 Å². The Kier molecular flexibility index (Phi) is 4.47. The summed E-state index contributed by atoms with van der Waals surface area (Å²) >= 11 is 0. The molecule has 2 aromatic heterocycles. The number of aromatic nitrogens is 4. The van der Waals surface area contributed by atoms with E-state index in [1.807, 2.05) is 18.2 Å². The molecule has 0 bridgehead atoms. The smallest absolute Gasteiger partial charge is 0.254 e. The molecule has 2 aliphatic heterocycles. The number of piperidine rings is 1. The molecule has 5 rings (SSSR count). The minimum atomic E-state index is 0.432. The van der Waals surface area contributed by atoms with Crippen LogP contribution in [0.3, 0.4) is 0 Å². The van der Waals surface area contributed by atoms with Gasteiger partial charge in [-0.3, -0.25) is 4.90 Å². The number of nitrogens with one attached hydrogen (secondary N) is 1. The molecule has 2 fully saturated rings. The van der Waals surface area contributed by atoms with Gasteiger partial charge in [0.2, 0.25) is 0 Å². The van der Waals surface area contributed by atoms with Crippen molar-refractivity contribution in [2.24, 2.45) is 0 Å². The van der Waals surface area contributed by atoms with Crippen molar-refractivity contribution in [1.29, 1.82) is 0 Å². The van der Waals surface area contributed by atoms with Crippen molar-refractivity contribution in [3.05, 3.63) is 42.7 Å². The van der Waals surface area contributed by atoms with E-state index in [9.17, 15) is 0 Å². The second-order valence-corrected chi connectivity index (χ2v) is 7.34.